The predicted molar refractivity (Wildman–Crippen MR) is 56.4 cm³/mol. The monoisotopic (exact) mass is 205 g/mol. The van der Waals surface area contributed by atoms with Gasteiger partial charge in [0.2, 0.25) is 0 Å². The van der Waals surface area contributed by atoms with Gasteiger partial charge in [0, 0.05) is 18.5 Å². The zero-order chi connectivity index (χ0) is 9.90. The standard InChI is InChI=1S/C10H20ClNO/c1-10(2,13-3)4-5-12-9-6-8(11)7-9/h8-9,12H,4-7H2,1-3H3. The van der Waals surface area contributed by atoms with Crippen LogP contribution in [0.3, 0.4) is 0 Å². The van der Waals surface area contributed by atoms with Crippen LogP contribution in [-0.2, 0) is 4.74 Å². The van der Waals surface area contributed by atoms with Gasteiger partial charge >= 0.3 is 0 Å². The first-order chi connectivity index (χ1) is 6.03. The first kappa shape index (κ1) is 11.3. The number of rotatable bonds is 5. The lowest BCUT2D eigenvalue weighted by Gasteiger charge is -2.33. The average molecular weight is 206 g/mol. The Labute approximate surface area is 86.0 Å². The Morgan fingerprint density at radius 1 is 1.46 bits per heavy atom. The molecule has 1 aliphatic rings. The van der Waals surface area contributed by atoms with Crippen LogP contribution in [-0.4, -0.2) is 30.7 Å². The molecule has 1 saturated carbocycles. The number of hydrogen-bond acceptors (Lipinski definition) is 2. The molecule has 0 saturated heterocycles. The zero-order valence-corrected chi connectivity index (χ0v) is 9.53. The van der Waals surface area contributed by atoms with E-state index in [9.17, 15) is 0 Å². The van der Waals surface area contributed by atoms with Crippen LogP contribution >= 0.6 is 11.6 Å². The summed E-state index contributed by atoms with van der Waals surface area (Å²) in [6.07, 6.45) is 3.29. The molecule has 0 amide bonds. The Morgan fingerprint density at radius 3 is 2.54 bits per heavy atom. The topological polar surface area (TPSA) is 21.3 Å². The van der Waals surface area contributed by atoms with Crippen molar-refractivity contribution in [2.45, 2.75) is 50.1 Å². The second-order valence-electron chi connectivity index (χ2n) is 4.43. The van der Waals surface area contributed by atoms with E-state index in [1.807, 2.05) is 0 Å². The van der Waals surface area contributed by atoms with E-state index in [-0.39, 0.29) is 5.60 Å². The van der Waals surface area contributed by atoms with Gasteiger partial charge in [-0.3, -0.25) is 0 Å². The maximum Gasteiger partial charge on any atom is 0.0634 e. The molecule has 3 heteroatoms. The van der Waals surface area contributed by atoms with Crippen LogP contribution in [0.1, 0.15) is 33.1 Å². The van der Waals surface area contributed by atoms with E-state index in [1.54, 1.807) is 7.11 Å². The van der Waals surface area contributed by atoms with Gasteiger partial charge in [-0.1, -0.05) is 0 Å². The molecular weight excluding hydrogens is 186 g/mol. The molecule has 0 aromatic heterocycles. The fourth-order valence-electron chi connectivity index (χ4n) is 1.39. The highest BCUT2D eigenvalue weighted by Crippen LogP contribution is 2.25. The summed E-state index contributed by atoms with van der Waals surface area (Å²) in [6.45, 7) is 5.24. The minimum absolute atomic E-state index is 0.00286. The van der Waals surface area contributed by atoms with Crippen molar-refractivity contribution >= 4 is 11.6 Å². The Hall–Kier alpha value is 0.210. The summed E-state index contributed by atoms with van der Waals surface area (Å²) < 4.78 is 5.33. The van der Waals surface area contributed by atoms with E-state index >= 15 is 0 Å². The number of methoxy groups -OCH3 is 1. The number of hydrogen-bond donors (Lipinski definition) is 1. The van der Waals surface area contributed by atoms with Crippen molar-refractivity contribution in [3.63, 3.8) is 0 Å². The predicted octanol–water partition coefficient (Wildman–Crippen LogP) is 2.16. The average Bonchev–Trinajstić information content (AvgIpc) is 2.01. The molecular formula is C10H20ClNO. The van der Waals surface area contributed by atoms with Gasteiger partial charge in [-0.15, -0.1) is 11.6 Å². The van der Waals surface area contributed by atoms with Gasteiger partial charge in [-0.05, 0) is 39.7 Å². The highest BCUT2D eigenvalue weighted by atomic mass is 35.5. The van der Waals surface area contributed by atoms with E-state index in [1.165, 1.54) is 0 Å². The Balaban J connectivity index is 2.01. The van der Waals surface area contributed by atoms with Crippen LogP contribution in [0.15, 0.2) is 0 Å². The molecule has 0 aliphatic heterocycles. The molecule has 2 nitrogen and oxygen atoms in total. The third-order valence-corrected chi connectivity index (χ3v) is 3.15. The van der Waals surface area contributed by atoms with Gasteiger partial charge in [-0.2, -0.15) is 0 Å². The molecule has 0 heterocycles. The summed E-state index contributed by atoms with van der Waals surface area (Å²) in [6, 6.07) is 0.648. The first-order valence-electron chi connectivity index (χ1n) is 4.96. The summed E-state index contributed by atoms with van der Waals surface area (Å²) >= 11 is 5.88. The number of ether oxygens (including phenoxy) is 1. The zero-order valence-electron chi connectivity index (χ0n) is 8.77. The van der Waals surface area contributed by atoms with E-state index < -0.39 is 0 Å². The third kappa shape index (κ3) is 3.84. The van der Waals surface area contributed by atoms with Crippen molar-refractivity contribution < 1.29 is 4.74 Å². The normalized spacial score (nSPS) is 28.6. The van der Waals surface area contributed by atoms with Crippen molar-refractivity contribution in [3.8, 4) is 0 Å². The lowest BCUT2D eigenvalue weighted by molar-refractivity contribution is 0.0148. The second-order valence-corrected chi connectivity index (χ2v) is 5.05. The number of halogens is 1. The molecule has 1 fully saturated rings. The Morgan fingerprint density at radius 2 is 2.08 bits per heavy atom. The van der Waals surface area contributed by atoms with Crippen molar-refractivity contribution in [2.24, 2.45) is 0 Å². The molecule has 0 spiro atoms. The van der Waals surface area contributed by atoms with Gasteiger partial charge in [0.15, 0.2) is 0 Å². The molecule has 0 unspecified atom stereocenters. The molecule has 1 rings (SSSR count). The van der Waals surface area contributed by atoms with E-state index in [0.717, 1.165) is 25.8 Å². The molecule has 0 aromatic carbocycles. The minimum Gasteiger partial charge on any atom is -0.379 e. The third-order valence-electron chi connectivity index (χ3n) is 2.79. The molecule has 1 aliphatic carbocycles. The van der Waals surface area contributed by atoms with Gasteiger partial charge in [0.1, 0.15) is 0 Å². The fourth-order valence-corrected chi connectivity index (χ4v) is 1.82. The van der Waals surface area contributed by atoms with E-state index in [2.05, 4.69) is 19.2 Å². The van der Waals surface area contributed by atoms with Crippen molar-refractivity contribution in [1.29, 1.82) is 0 Å². The van der Waals surface area contributed by atoms with Gasteiger partial charge in [-0.25, -0.2) is 0 Å². The van der Waals surface area contributed by atoms with Crippen molar-refractivity contribution in [3.05, 3.63) is 0 Å². The largest absolute Gasteiger partial charge is 0.379 e. The maximum absolute atomic E-state index is 5.88. The molecule has 0 atom stereocenters. The summed E-state index contributed by atoms with van der Waals surface area (Å²) in [5, 5.41) is 3.89. The van der Waals surface area contributed by atoms with E-state index in [0.29, 0.717) is 11.4 Å². The van der Waals surface area contributed by atoms with E-state index in [4.69, 9.17) is 16.3 Å². The van der Waals surface area contributed by atoms with Crippen LogP contribution in [0.4, 0.5) is 0 Å². The quantitative estimate of drug-likeness (QED) is 0.695. The fraction of sp³-hybridized carbons (Fsp3) is 1.00. The molecule has 13 heavy (non-hydrogen) atoms. The minimum atomic E-state index is -0.00286. The van der Waals surface area contributed by atoms with Gasteiger partial charge < -0.3 is 10.1 Å². The first-order valence-corrected chi connectivity index (χ1v) is 5.40. The lowest BCUT2D eigenvalue weighted by atomic mass is 9.92. The smallest absolute Gasteiger partial charge is 0.0634 e. The van der Waals surface area contributed by atoms with Gasteiger partial charge in [0.25, 0.3) is 0 Å². The number of alkyl halides is 1. The van der Waals surface area contributed by atoms with Crippen molar-refractivity contribution in [2.75, 3.05) is 13.7 Å². The summed E-state index contributed by atoms with van der Waals surface area (Å²) in [5.41, 5.74) is -0.00286. The second kappa shape index (κ2) is 4.63. The van der Waals surface area contributed by atoms with Crippen LogP contribution in [0.25, 0.3) is 0 Å². The highest BCUT2D eigenvalue weighted by molar-refractivity contribution is 6.21. The SMILES string of the molecule is COC(C)(C)CCNC1CC(Cl)C1. The molecule has 0 radical (unpaired) electrons. The van der Waals surface area contributed by atoms with Gasteiger partial charge in [0.05, 0.1) is 5.60 Å². The van der Waals surface area contributed by atoms with Crippen LogP contribution in [0.5, 0.6) is 0 Å². The molecule has 1 N–H and O–H groups in total. The Bertz CT molecular complexity index is 155. The lowest BCUT2D eigenvalue weighted by Crippen LogP contribution is -2.43. The Kier molecular flexibility index (Phi) is 4.02. The number of nitrogens with one attached hydrogen (secondary N) is 1. The van der Waals surface area contributed by atoms with Crippen molar-refractivity contribution in [1.82, 2.24) is 5.32 Å². The molecule has 0 bridgehead atoms. The van der Waals surface area contributed by atoms with Crippen LogP contribution < -0.4 is 5.32 Å². The van der Waals surface area contributed by atoms with Crippen LogP contribution in [0.2, 0.25) is 0 Å². The highest BCUT2D eigenvalue weighted by Gasteiger charge is 2.27. The van der Waals surface area contributed by atoms with Crippen LogP contribution in [0, 0.1) is 0 Å². The molecule has 0 aromatic rings. The summed E-state index contributed by atoms with van der Waals surface area (Å²) in [5.74, 6) is 0. The molecule has 78 valence electrons. The maximum atomic E-state index is 5.88. The summed E-state index contributed by atoms with van der Waals surface area (Å²) in [4.78, 5) is 0. The summed E-state index contributed by atoms with van der Waals surface area (Å²) in [7, 11) is 1.76.